The number of hydrogen-bond acceptors (Lipinski definition) is 3. The third-order valence-electron chi connectivity index (χ3n) is 1.54. The molecule has 1 N–H and O–H groups in total. The summed E-state index contributed by atoms with van der Waals surface area (Å²) in [4.78, 5) is 0. The highest BCUT2D eigenvalue weighted by Gasteiger charge is 2.22. The summed E-state index contributed by atoms with van der Waals surface area (Å²) < 4.78 is 0. The molecular weight excluding hydrogens is 134 g/mol. The number of nitriles is 1. The van der Waals surface area contributed by atoms with Gasteiger partial charge in [0.25, 0.3) is 0 Å². The molecule has 2 atom stereocenters. The molecule has 0 aromatic rings. The Balaban J connectivity index is 2.34. The van der Waals surface area contributed by atoms with Gasteiger partial charge < -0.3 is 5.11 Å². The van der Waals surface area contributed by atoms with Crippen LogP contribution in [0.25, 0.3) is 0 Å². The lowest BCUT2D eigenvalue weighted by atomic mass is 10.0. The first-order valence-corrected chi connectivity index (χ1v) is 4.15. The zero-order chi connectivity index (χ0) is 6.69. The Bertz CT molecular complexity index is 126. The molecule has 50 valence electrons. The van der Waals surface area contributed by atoms with E-state index in [1.54, 1.807) is 0 Å². The second-order valence-corrected chi connectivity index (χ2v) is 3.35. The Morgan fingerprint density at radius 1 is 1.78 bits per heavy atom. The predicted molar refractivity (Wildman–Crippen MR) is 37.1 cm³/mol. The molecule has 1 rings (SSSR count). The lowest BCUT2D eigenvalue weighted by Gasteiger charge is -2.06. The molecule has 0 aliphatic carbocycles. The molecular formula is C6H9NOS. The van der Waals surface area contributed by atoms with Crippen molar-refractivity contribution in [2.75, 3.05) is 11.5 Å². The summed E-state index contributed by atoms with van der Waals surface area (Å²) in [6, 6.07) is 1.85. The van der Waals surface area contributed by atoms with Crippen LogP contribution in [0.1, 0.15) is 6.42 Å². The minimum absolute atomic E-state index is 0.236. The molecule has 3 heteroatoms. The van der Waals surface area contributed by atoms with Crippen LogP contribution in [0, 0.1) is 17.2 Å². The molecule has 0 bridgehead atoms. The second kappa shape index (κ2) is 3.09. The number of hydrogen-bond donors (Lipinski definition) is 1. The molecule has 1 saturated heterocycles. The van der Waals surface area contributed by atoms with Gasteiger partial charge in [-0.3, -0.25) is 0 Å². The Kier molecular flexibility index (Phi) is 2.38. The van der Waals surface area contributed by atoms with Crippen LogP contribution in [0.5, 0.6) is 0 Å². The SMILES string of the molecule is N#CC(O)C1CCSC1. The minimum atomic E-state index is -0.722. The van der Waals surface area contributed by atoms with Gasteiger partial charge in [-0.25, -0.2) is 0 Å². The zero-order valence-corrected chi connectivity index (χ0v) is 5.90. The van der Waals surface area contributed by atoms with Gasteiger partial charge in [0.1, 0.15) is 6.10 Å². The van der Waals surface area contributed by atoms with E-state index < -0.39 is 6.10 Å². The zero-order valence-electron chi connectivity index (χ0n) is 5.08. The summed E-state index contributed by atoms with van der Waals surface area (Å²) in [5, 5.41) is 17.3. The van der Waals surface area contributed by atoms with Crippen molar-refractivity contribution in [1.82, 2.24) is 0 Å². The molecule has 0 aromatic heterocycles. The number of nitrogens with zero attached hydrogens (tertiary/aromatic N) is 1. The molecule has 0 saturated carbocycles. The Hall–Kier alpha value is -0.200. The Morgan fingerprint density at radius 3 is 3.00 bits per heavy atom. The first kappa shape index (κ1) is 6.91. The van der Waals surface area contributed by atoms with Crippen LogP contribution in [0.3, 0.4) is 0 Å². The molecule has 1 fully saturated rings. The first-order valence-electron chi connectivity index (χ1n) is 3.00. The van der Waals surface area contributed by atoms with Crippen LogP contribution >= 0.6 is 11.8 Å². The van der Waals surface area contributed by atoms with Crippen molar-refractivity contribution in [3.63, 3.8) is 0 Å². The van der Waals surface area contributed by atoms with E-state index in [-0.39, 0.29) is 5.92 Å². The molecule has 2 unspecified atom stereocenters. The summed E-state index contributed by atoms with van der Waals surface area (Å²) >= 11 is 1.81. The highest BCUT2D eigenvalue weighted by Crippen LogP contribution is 2.25. The average molecular weight is 143 g/mol. The average Bonchev–Trinajstić information content (AvgIpc) is 2.37. The lowest BCUT2D eigenvalue weighted by molar-refractivity contribution is 0.173. The molecule has 1 heterocycles. The van der Waals surface area contributed by atoms with Gasteiger partial charge in [-0.15, -0.1) is 0 Å². The van der Waals surface area contributed by atoms with Gasteiger partial charge in [-0.1, -0.05) is 0 Å². The quantitative estimate of drug-likeness (QED) is 0.547. The van der Waals surface area contributed by atoms with Gasteiger partial charge >= 0.3 is 0 Å². The minimum Gasteiger partial charge on any atom is -0.378 e. The molecule has 1 aliphatic heterocycles. The van der Waals surface area contributed by atoms with Gasteiger partial charge in [0.15, 0.2) is 0 Å². The standard InChI is InChI=1S/C6H9NOS/c7-3-6(8)5-1-2-9-4-5/h5-6,8H,1-2,4H2. The van der Waals surface area contributed by atoms with Crippen molar-refractivity contribution in [3.8, 4) is 6.07 Å². The third-order valence-corrected chi connectivity index (χ3v) is 2.73. The van der Waals surface area contributed by atoms with Gasteiger partial charge in [-0.2, -0.15) is 17.0 Å². The molecule has 0 radical (unpaired) electrons. The van der Waals surface area contributed by atoms with E-state index in [2.05, 4.69) is 0 Å². The van der Waals surface area contributed by atoms with Gasteiger partial charge in [0.2, 0.25) is 0 Å². The molecule has 0 amide bonds. The predicted octanol–water partition coefficient (Wildman–Crippen LogP) is 0.624. The summed E-state index contributed by atoms with van der Waals surface area (Å²) in [5.41, 5.74) is 0. The van der Waals surface area contributed by atoms with Crippen LogP contribution in [0.2, 0.25) is 0 Å². The largest absolute Gasteiger partial charge is 0.378 e. The van der Waals surface area contributed by atoms with E-state index in [1.165, 1.54) is 0 Å². The monoisotopic (exact) mass is 143 g/mol. The van der Waals surface area contributed by atoms with Crippen molar-refractivity contribution in [3.05, 3.63) is 0 Å². The van der Waals surface area contributed by atoms with Gasteiger partial charge in [0.05, 0.1) is 6.07 Å². The van der Waals surface area contributed by atoms with E-state index in [9.17, 15) is 0 Å². The molecule has 2 nitrogen and oxygen atoms in total. The van der Waals surface area contributed by atoms with Crippen molar-refractivity contribution in [2.24, 2.45) is 5.92 Å². The summed E-state index contributed by atoms with van der Waals surface area (Å²) in [6.45, 7) is 0. The number of thioether (sulfide) groups is 1. The van der Waals surface area contributed by atoms with Crippen LogP contribution in [0.4, 0.5) is 0 Å². The van der Waals surface area contributed by atoms with Crippen LogP contribution in [-0.4, -0.2) is 22.7 Å². The summed E-state index contributed by atoms with van der Waals surface area (Å²) in [6.07, 6.45) is 0.277. The first-order chi connectivity index (χ1) is 4.34. The van der Waals surface area contributed by atoms with Crippen LogP contribution in [0.15, 0.2) is 0 Å². The lowest BCUT2D eigenvalue weighted by Crippen LogP contribution is -2.17. The molecule has 0 aromatic carbocycles. The third kappa shape index (κ3) is 1.60. The van der Waals surface area contributed by atoms with Crippen LogP contribution in [-0.2, 0) is 0 Å². The maximum Gasteiger partial charge on any atom is 0.144 e. The van der Waals surface area contributed by atoms with Gasteiger partial charge in [0, 0.05) is 5.92 Å². The number of aliphatic hydroxyl groups is 1. The highest BCUT2D eigenvalue weighted by atomic mass is 32.2. The van der Waals surface area contributed by atoms with E-state index in [0.29, 0.717) is 0 Å². The van der Waals surface area contributed by atoms with E-state index >= 15 is 0 Å². The normalized spacial score (nSPS) is 29.6. The van der Waals surface area contributed by atoms with E-state index in [1.807, 2.05) is 17.8 Å². The van der Waals surface area contributed by atoms with Crippen molar-refractivity contribution < 1.29 is 5.11 Å². The smallest absolute Gasteiger partial charge is 0.144 e. The Morgan fingerprint density at radius 2 is 2.56 bits per heavy atom. The topological polar surface area (TPSA) is 44.0 Å². The van der Waals surface area contributed by atoms with Crippen molar-refractivity contribution in [1.29, 1.82) is 5.26 Å². The highest BCUT2D eigenvalue weighted by molar-refractivity contribution is 7.99. The van der Waals surface area contributed by atoms with Gasteiger partial charge in [-0.05, 0) is 17.9 Å². The van der Waals surface area contributed by atoms with E-state index in [0.717, 1.165) is 17.9 Å². The fraction of sp³-hybridized carbons (Fsp3) is 0.833. The summed E-state index contributed by atoms with van der Waals surface area (Å²) in [5.74, 6) is 2.29. The fourth-order valence-electron chi connectivity index (χ4n) is 0.907. The summed E-state index contributed by atoms with van der Waals surface area (Å²) in [7, 11) is 0. The number of rotatable bonds is 1. The van der Waals surface area contributed by atoms with E-state index in [4.69, 9.17) is 10.4 Å². The Labute approximate surface area is 58.9 Å². The molecule has 1 aliphatic rings. The molecule has 9 heavy (non-hydrogen) atoms. The second-order valence-electron chi connectivity index (χ2n) is 2.20. The van der Waals surface area contributed by atoms with Crippen LogP contribution < -0.4 is 0 Å². The van der Waals surface area contributed by atoms with Crippen molar-refractivity contribution >= 4 is 11.8 Å². The number of aliphatic hydroxyl groups excluding tert-OH is 1. The fourth-order valence-corrected chi connectivity index (χ4v) is 2.19. The molecule has 0 spiro atoms. The maximum absolute atomic E-state index is 8.98. The van der Waals surface area contributed by atoms with Crippen molar-refractivity contribution in [2.45, 2.75) is 12.5 Å². The maximum atomic E-state index is 8.98.